The first-order valence-corrected chi connectivity index (χ1v) is 8.05. The van der Waals surface area contributed by atoms with Crippen LogP contribution >= 0.6 is 0 Å². The van der Waals surface area contributed by atoms with E-state index in [4.69, 9.17) is 11.5 Å². The number of rotatable bonds is 1. The van der Waals surface area contributed by atoms with E-state index in [1.807, 2.05) is 19.9 Å². The number of aromatic amines is 1. The number of aryl methyl sites for hydroxylation is 2. The van der Waals surface area contributed by atoms with Gasteiger partial charge in [0, 0.05) is 29.1 Å². The molecular weight excluding hydrogens is 294 g/mol. The average Bonchev–Trinajstić information content (AvgIpc) is 2.57. The maximum atomic E-state index is 6.19. The van der Waals surface area contributed by atoms with Crippen molar-refractivity contribution in [2.75, 3.05) is 11.5 Å². The van der Waals surface area contributed by atoms with Gasteiger partial charge in [-0.1, -0.05) is 30.3 Å². The van der Waals surface area contributed by atoms with E-state index in [0.717, 1.165) is 55.4 Å². The molecule has 0 amide bonds. The highest BCUT2D eigenvalue weighted by Crippen LogP contribution is 2.36. The standard InChI is InChI=1S/C21H19N3/c1-12-8-19-15(10-17(12)22)21(14-6-4-3-5-7-14)16-11-18(23)13(2)9-20(16)24-19/h3-11H,22-23H2,1-2H3/p+1. The van der Waals surface area contributed by atoms with Crippen molar-refractivity contribution >= 4 is 33.2 Å². The Morgan fingerprint density at radius 3 is 1.71 bits per heavy atom. The van der Waals surface area contributed by atoms with Gasteiger partial charge in [-0.05, 0) is 42.7 Å². The molecule has 0 unspecified atom stereocenters. The fourth-order valence-electron chi connectivity index (χ4n) is 3.28. The van der Waals surface area contributed by atoms with Crippen LogP contribution in [0, 0.1) is 13.8 Å². The van der Waals surface area contributed by atoms with Gasteiger partial charge in [0.2, 0.25) is 11.0 Å². The lowest BCUT2D eigenvalue weighted by Gasteiger charge is -2.11. The Morgan fingerprint density at radius 1 is 0.708 bits per heavy atom. The van der Waals surface area contributed by atoms with Crippen LogP contribution in [0.5, 0.6) is 0 Å². The number of aromatic nitrogens is 1. The molecule has 118 valence electrons. The van der Waals surface area contributed by atoms with Crippen molar-refractivity contribution in [1.29, 1.82) is 0 Å². The number of H-pyrrole nitrogens is 1. The Morgan fingerprint density at radius 2 is 1.21 bits per heavy atom. The zero-order valence-corrected chi connectivity index (χ0v) is 13.9. The fourth-order valence-corrected chi connectivity index (χ4v) is 3.28. The first-order chi connectivity index (χ1) is 11.5. The minimum Gasteiger partial charge on any atom is -0.398 e. The van der Waals surface area contributed by atoms with Crippen LogP contribution in [0.4, 0.5) is 11.4 Å². The van der Waals surface area contributed by atoms with Crippen molar-refractivity contribution in [1.82, 2.24) is 0 Å². The van der Waals surface area contributed by atoms with Gasteiger partial charge in [-0.2, -0.15) is 0 Å². The molecule has 0 spiro atoms. The van der Waals surface area contributed by atoms with E-state index in [1.54, 1.807) is 0 Å². The number of fused-ring (bicyclic) bond motifs is 2. The van der Waals surface area contributed by atoms with E-state index in [9.17, 15) is 0 Å². The van der Waals surface area contributed by atoms with Gasteiger partial charge in [0.05, 0.1) is 10.8 Å². The molecule has 3 nitrogen and oxygen atoms in total. The Labute approximate surface area is 140 Å². The van der Waals surface area contributed by atoms with Gasteiger partial charge >= 0.3 is 0 Å². The van der Waals surface area contributed by atoms with Gasteiger partial charge < -0.3 is 11.5 Å². The van der Waals surface area contributed by atoms with Crippen molar-refractivity contribution < 1.29 is 4.98 Å². The number of hydrogen-bond acceptors (Lipinski definition) is 2. The lowest BCUT2D eigenvalue weighted by atomic mass is 9.94. The first-order valence-electron chi connectivity index (χ1n) is 8.05. The Bertz CT molecular complexity index is 1020. The molecular formula is C21H20N3+. The molecule has 0 saturated heterocycles. The van der Waals surface area contributed by atoms with E-state index in [1.165, 1.54) is 0 Å². The van der Waals surface area contributed by atoms with Gasteiger partial charge in [0.25, 0.3) is 0 Å². The van der Waals surface area contributed by atoms with Crippen LogP contribution in [-0.4, -0.2) is 0 Å². The van der Waals surface area contributed by atoms with Crippen LogP contribution in [0.1, 0.15) is 11.1 Å². The minimum absolute atomic E-state index is 0.799. The molecule has 0 atom stereocenters. The zero-order chi connectivity index (χ0) is 16.8. The molecule has 4 aromatic rings. The van der Waals surface area contributed by atoms with Crippen LogP contribution in [0.2, 0.25) is 0 Å². The minimum atomic E-state index is 0.799. The highest BCUT2D eigenvalue weighted by atomic mass is 14.7. The van der Waals surface area contributed by atoms with Gasteiger partial charge in [0.15, 0.2) is 0 Å². The smallest absolute Gasteiger partial charge is 0.212 e. The molecule has 0 fully saturated rings. The van der Waals surface area contributed by atoms with Crippen LogP contribution in [0.15, 0.2) is 54.6 Å². The van der Waals surface area contributed by atoms with Gasteiger partial charge in [0.1, 0.15) is 0 Å². The summed E-state index contributed by atoms with van der Waals surface area (Å²) in [6.45, 7) is 4.06. The molecule has 0 saturated carbocycles. The summed E-state index contributed by atoms with van der Waals surface area (Å²) in [5.74, 6) is 0. The van der Waals surface area contributed by atoms with Gasteiger partial charge in [-0.15, -0.1) is 0 Å². The topological polar surface area (TPSA) is 66.2 Å². The van der Waals surface area contributed by atoms with E-state index >= 15 is 0 Å². The summed E-state index contributed by atoms with van der Waals surface area (Å²) in [6, 6.07) is 18.7. The van der Waals surface area contributed by atoms with Gasteiger partial charge in [-0.25, -0.2) is 4.98 Å². The van der Waals surface area contributed by atoms with E-state index < -0.39 is 0 Å². The third-order valence-corrected chi connectivity index (χ3v) is 4.68. The summed E-state index contributed by atoms with van der Waals surface area (Å²) in [5, 5.41) is 2.22. The fraction of sp³-hybridized carbons (Fsp3) is 0.0952. The summed E-state index contributed by atoms with van der Waals surface area (Å²) in [6.07, 6.45) is 0. The van der Waals surface area contributed by atoms with Crippen molar-refractivity contribution in [3.63, 3.8) is 0 Å². The third kappa shape index (κ3) is 2.17. The number of hydrogen-bond donors (Lipinski definition) is 2. The number of nitrogens with one attached hydrogen (secondary N) is 1. The second kappa shape index (κ2) is 5.24. The molecule has 1 heterocycles. The molecule has 24 heavy (non-hydrogen) atoms. The van der Waals surface area contributed by atoms with Crippen molar-refractivity contribution in [3.8, 4) is 11.1 Å². The molecule has 1 aromatic heterocycles. The Kier molecular flexibility index (Phi) is 3.17. The lowest BCUT2D eigenvalue weighted by molar-refractivity contribution is -0.310. The molecule has 0 aliphatic heterocycles. The van der Waals surface area contributed by atoms with Crippen LogP contribution in [-0.2, 0) is 0 Å². The van der Waals surface area contributed by atoms with E-state index in [-0.39, 0.29) is 0 Å². The lowest BCUT2D eigenvalue weighted by Crippen LogP contribution is -2.09. The number of nitrogens with two attached hydrogens (primary N) is 2. The molecule has 0 aliphatic rings. The van der Waals surface area contributed by atoms with E-state index in [0.29, 0.717) is 0 Å². The molecule has 0 radical (unpaired) electrons. The van der Waals surface area contributed by atoms with E-state index in [2.05, 4.69) is 53.5 Å². The molecule has 3 aromatic carbocycles. The molecule has 4 rings (SSSR count). The monoisotopic (exact) mass is 314 g/mol. The SMILES string of the molecule is Cc1cc2[nH+]c3cc(C)c(N)cc3c(-c3ccccc3)c2cc1N. The van der Waals surface area contributed by atoms with Crippen molar-refractivity contribution in [2.45, 2.75) is 13.8 Å². The number of benzene rings is 3. The largest absolute Gasteiger partial charge is 0.398 e. The molecule has 0 bridgehead atoms. The van der Waals surface area contributed by atoms with Crippen LogP contribution < -0.4 is 16.5 Å². The highest BCUT2D eigenvalue weighted by molar-refractivity contribution is 6.08. The maximum absolute atomic E-state index is 6.19. The van der Waals surface area contributed by atoms with Crippen LogP contribution in [0.25, 0.3) is 32.9 Å². The van der Waals surface area contributed by atoms with Crippen molar-refractivity contribution in [2.24, 2.45) is 0 Å². The number of pyridine rings is 1. The number of anilines is 2. The second-order valence-corrected chi connectivity index (χ2v) is 6.37. The molecule has 0 aliphatic carbocycles. The van der Waals surface area contributed by atoms with Crippen LogP contribution in [0.3, 0.4) is 0 Å². The van der Waals surface area contributed by atoms with Crippen molar-refractivity contribution in [3.05, 3.63) is 65.7 Å². The number of nitrogen functional groups attached to an aromatic ring is 2. The average molecular weight is 314 g/mol. The summed E-state index contributed by atoms with van der Waals surface area (Å²) in [5.41, 5.74) is 20.6. The Balaban J connectivity index is 2.25. The summed E-state index contributed by atoms with van der Waals surface area (Å²) < 4.78 is 0. The van der Waals surface area contributed by atoms with Gasteiger partial charge in [-0.3, -0.25) is 0 Å². The third-order valence-electron chi connectivity index (χ3n) is 4.68. The second-order valence-electron chi connectivity index (χ2n) is 6.37. The summed E-state index contributed by atoms with van der Waals surface area (Å²) in [7, 11) is 0. The maximum Gasteiger partial charge on any atom is 0.212 e. The predicted octanol–water partition coefficient (Wildman–Crippen LogP) is 4.26. The first kappa shape index (κ1) is 14.5. The predicted molar refractivity (Wildman–Crippen MR) is 102 cm³/mol. The molecule has 5 N–H and O–H groups in total. The quantitative estimate of drug-likeness (QED) is 0.407. The highest BCUT2D eigenvalue weighted by Gasteiger charge is 2.18. The normalized spacial score (nSPS) is 11.2. The Hall–Kier alpha value is -3.07. The summed E-state index contributed by atoms with van der Waals surface area (Å²) in [4.78, 5) is 3.54. The summed E-state index contributed by atoms with van der Waals surface area (Å²) >= 11 is 0. The molecule has 3 heteroatoms. The zero-order valence-electron chi connectivity index (χ0n) is 13.9.